The van der Waals surface area contributed by atoms with Crippen molar-refractivity contribution < 1.29 is 23.8 Å². The second kappa shape index (κ2) is 9.73. The summed E-state index contributed by atoms with van der Waals surface area (Å²) >= 11 is 6.34. The molecule has 2 aliphatic carbocycles. The van der Waals surface area contributed by atoms with E-state index in [4.69, 9.17) is 25.8 Å². The predicted octanol–water partition coefficient (Wildman–Crippen LogP) is 5.19. The molecule has 2 aromatic rings. The smallest absolute Gasteiger partial charge is 0.337 e. The van der Waals surface area contributed by atoms with Gasteiger partial charge < -0.3 is 19.1 Å². The molecule has 3 aliphatic rings. The molecule has 1 heterocycles. The molecule has 1 unspecified atom stereocenters. The Labute approximate surface area is 211 Å². The molecule has 1 spiro atoms. The van der Waals surface area contributed by atoms with Crippen molar-refractivity contribution in [2.24, 2.45) is 11.8 Å². The Bertz CT molecular complexity index is 1130. The molecule has 1 aliphatic heterocycles. The summed E-state index contributed by atoms with van der Waals surface area (Å²) in [5.41, 5.74) is 3.87. The summed E-state index contributed by atoms with van der Waals surface area (Å²) in [4.78, 5) is 26.1. The van der Waals surface area contributed by atoms with Gasteiger partial charge in [0.2, 0.25) is 0 Å². The average molecular weight is 498 g/mol. The van der Waals surface area contributed by atoms with Gasteiger partial charge in [-0.3, -0.25) is 4.79 Å². The van der Waals surface area contributed by atoms with Crippen molar-refractivity contribution in [3.8, 4) is 5.75 Å². The van der Waals surface area contributed by atoms with Crippen LogP contribution in [-0.2, 0) is 26.1 Å². The summed E-state index contributed by atoms with van der Waals surface area (Å²) in [6, 6.07) is 11.8. The van der Waals surface area contributed by atoms with Crippen LogP contribution in [0.25, 0.3) is 0 Å². The Balaban J connectivity index is 1.50. The van der Waals surface area contributed by atoms with Gasteiger partial charge >= 0.3 is 11.9 Å². The molecule has 3 atom stereocenters. The van der Waals surface area contributed by atoms with Crippen molar-refractivity contribution in [3.05, 3.63) is 58.1 Å². The van der Waals surface area contributed by atoms with Gasteiger partial charge in [0.25, 0.3) is 0 Å². The van der Waals surface area contributed by atoms with Gasteiger partial charge in [0.05, 0.1) is 31.6 Å². The Morgan fingerprint density at radius 2 is 2.00 bits per heavy atom. The lowest BCUT2D eigenvalue weighted by Gasteiger charge is -2.44. The number of hydrogen-bond donors (Lipinski definition) is 0. The zero-order valence-electron chi connectivity index (χ0n) is 20.3. The average Bonchev–Trinajstić information content (AvgIpc) is 2.98. The number of fused-ring (bicyclic) bond motifs is 3. The van der Waals surface area contributed by atoms with Gasteiger partial charge in [-0.15, -0.1) is 0 Å². The van der Waals surface area contributed by atoms with E-state index < -0.39 is 0 Å². The fourth-order valence-electron chi connectivity index (χ4n) is 5.96. The number of carbonyl (C=O) groups is 2. The number of anilines is 1. The molecule has 7 heteroatoms. The Morgan fingerprint density at radius 3 is 2.74 bits per heavy atom. The minimum Gasteiger partial charge on any atom is -0.490 e. The van der Waals surface area contributed by atoms with Crippen LogP contribution in [0.5, 0.6) is 5.75 Å². The maximum Gasteiger partial charge on any atom is 0.337 e. The van der Waals surface area contributed by atoms with Crippen LogP contribution in [-0.4, -0.2) is 45.4 Å². The zero-order chi connectivity index (χ0) is 24.6. The minimum absolute atomic E-state index is 0.169. The van der Waals surface area contributed by atoms with Crippen molar-refractivity contribution in [3.63, 3.8) is 0 Å². The number of carbonyl (C=O) groups excluding carboxylic acids is 2. The highest BCUT2D eigenvalue weighted by molar-refractivity contribution is 6.30. The maximum absolute atomic E-state index is 12.3. The van der Waals surface area contributed by atoms with E-state index in [1.54, 1.807) is 6.07 Å². The summed E-state index contributed by atoms with van der Waals surface area (Å²) in [6.45, 7) is 4.10. The number of aryl methyl sites for hydroxylation is 1. The summed E-state index contributed by atoms with van der Waals surface area (Å²) in [5.74, 6) is 0.951. The SMILES string of the molecule is COC(=O)c1ccc2c(c1)N(C[C@@H]1CC[C@H]1COC(C)=O)CC1(CCCc3cc(Cl)ccc31)CO2. The quantitative estimate of drug-likeness (QED) is 0.530. The first-order valence-electron chi connectivity index (χ1n) is 12.4. The first-order valence-corrected chi connectivity index (χ1v) is 12.8. The largest absolute Gasteiger partial charge is 0.490 e. The third kappa shape index (κ3) is 4.73. The topological polar surface area (TPSA) is 65.1 Å². The Kier molecular flexibility index (Phi) is 6.67. The van der Waals surface area contributed by atoms with Crippen LogP contribution < -0.4 is 9.64 Å². The molecule has 0 saturated heterocycles. The molecule has 0 radical (unpaired) electrons. The zero-order valence-corrected chi connectivity index (χ0v) is 21.1. The molecular weight excluding hydrogens is 466 g/mol. The number of hydrogen-bond acceptors (Lipinski definition) is 6. The molecule has 1 fully saturated rings. The van der Waals surface area contributed by atoms with E-state index in [2.05, 4.69) is 17.0 Å². The lowest BCUT2D eigenvalue weighted by Crippen LogP contribution is -2.48. The van der Waals surface area contributed by atoms with Crippen LogP contribution in [0.4, 0.5) is 5.69 Å². The standard InChI is InChI=1S/C28H32ClNO5/c1-18(31)34-15-22-6-5-21(22)14-30-16-28(11-3-4-19-12-23(29)8-9-24(19)28)17-35-26-10-7-20(13-25(26)30)27(32)33-2/h7-10,12-13,21-22H,3-6,11,14-17H2,1-2H3/t21-,22-,28?/m0/s1. The molecule has 2 aromatic carbocycles. The van der Waals surface area contributed by atoms with Crippen molar-refractivity contribution in [1.29, 1.82) is 0 Å². The number of nitrogens with zero attached hydrogens (tertiary/aromatic N) is 1. The fraction of sp³-hybridized carbons (Fsp3) is 0.500. The summed E-state index contributed by atoms with van der Waals surface area (Å²) in [6.07, 6.45) is 5.27. The minimum atomic E-state index is -0.360. The molecule has 5 rings (SSSR count). The maximum atomic E-state index is 12.3. The second-order valence-corrected chi connectivity index (χ2v) is 10.6. The van der Waals surface area contributed by atoms with Gasteiger partial charge in [-0.05, 0) is 85.4 Å². The molecular formula is C28H32ClNO5. The van der Waals surface area contributed by atoms with E-state index in [1.807, 2.05) is 18.2 Å². The molecule has 0 N–H and O–H groups in total. The second-order valence-electron chi connectivity index (χ2n) is 10.2. The van der Waals surface area contributed by atoms with Crippen LogP contribution in [0.3, 0.4) is 0 Å². The Morgan fingerprint density at radius 1 is 1.17 bits per heavy atom. The van der Waals surface area contributed by atoms with Crippen LogP contribution in [0.1, 0.15) is 54.1 Å². The highest BCUT2D eigenvalue weighted by Gasteiger charge is 2.43. The predicted molar refractivity (Wildman–Crippen MR) is 134 cm³/mol. The van der Waals surface area contributed by atoms with Gasteiger partial charge in [-0.1, -0.05) is 17.7 Å². The fourth-order valence-corrected chi connectivity index (χ4v) is 6.16. The number of esters is 2. The third-order valence-corrected chi connectivity index (χ3v) is 8.22. The van der Waals surface area contributed by atoms with E-state index in [0.717, 1.165) is 61.7 Å². The van der Waals surface area contributed by atoms with E-state index in [1.165, 1.54) is 25.2 Å². The molecule has 1 saturated carbocycles. The van der Waals surface area contributed by atoms with E-state index in [0.29, 0.717) is 30.6 Å². The highest BCUT2D eigenvalue weighted by atomic mass is 35.5. The molecule has 35 heavy (non-hydrogen) atoms. The summed E-state index contributed by atoms with van der Waals surface area (Å²) in [7, 11) is 1.40. The first-order chi connectivity index (χ1) is 16.9. The number of rotatable bonds is 5. The summed E-state index contributed by atoms with van der Waals surface area (Å²) in [5, 5.41) is 0.765. The molecule has 186 valence electrons. The lowest BCUT2D eigenvalue weighted by atomic mass is 9.69. The molecule has 0 amide bonds. The van der Waals surface area contributed by atoms with Crippen LogP contribution in [0.15, 0.2) is 36.4 Å². The number of halogens is 1. The monoisotopic (exact) mass is 497 g/mol. The van der Waals surface area contributed by atoms with Gasteiger partial charge in [0.15, 0.2) is 0 Å². The normalized spacial score (nSPS) is 24.9. The van der Waals surface area contributed by atoms with Crippen molar-refractivity contribution >= 4 is 29.2 Å². The van der Waals surface area contributed by atoms with Crippen molar-refractivity contribution in [1.82, 2.24) is 0 Å². The van der Waals surface area contributed by atoms with E-state index in [9.17, 15) is 9.59 Å². The third-order valence-electron chi connectivity index (χ3n) is 7.99. The number of methoxy groups -OCH3 is 1. The van der Waals surface area contributed by atoms with Crippen molar-refractivity contribution in [2.45, 2.75) is 44.4 Å². The molecule has 6 nitrogen and oxygen atoms in total. The molecule has 0 aromatic heterocycles. The van der Waals surface area contributed by atoms with E-state index in [-0.39, 0.29) is 17.4 Å². The van der Waals surface area contributed by atoms with Gasteiger partial charge in [0.1, 0.15) is 5.75 Å². The number of benzene rings is 2. The van der Waals surface area contributed by atoms with Crippen LogP contribution in [0, 0.1) is 11.8 Å². The van der Waals surface area contributed by atoms with Gasteiger partial charge in [0, 0.05) is 30.5 Å². The molecule has 0 bridgehead atoms. The Hall–Kier alpha value is -2.73. The van der Waals surface area contributed by atoms with Gasteiger partial charge in [-0.25, -0.2) is 4.79 Å². The lowest BCUT2D eigenvalue weighted by molar-refractivity contribution is -0.144. The first kappa shape index (κ1) is 24.0. The van der Waals surface area contributed by atoms with Crippen LogP contribution >= 0.6 is 11.6 Å². The van der Waals surface area contributed by atoms with Gasteiger partial charge in [-0.2, -0.15) is 0 Å². The summed E-state index contributed by atoms with van der Waals surface area (Å²) < 4.78 is 16.8. The highest BCUT2D eigenvalue weighted by Crippen LogP contribution is 2.46. The number of ether oxygens (including phenoxy) is 3. The van der Waals surface area contributed by atoms with Crippen molar-refractivity contribution in [2.75, 3.05) is 38.3 Å². The van der Waals surface area contributed by atoms with Crippen LogP contribution in [0.2, 0.25) is 5.02 Å². The van der Waals surface area contributed by atoms with E-state index >= 15 is 0 Å².